The summed E-state index contributed by atoms with van der Waals surface area (Å²) in [6, 6.07) is 7.44. The number of fused-ring (bicyclic) bond motifs is 1. The zero-order chi connectivity index (χ0) is 12.4. The van der Waals surface area contributed by atoms with E-state index in [2.05, 4.69) is 35.3 Å². The number of hydrogen-bond donors (Lipinski definition) is 1. The van der Waals surface area contributed by atoms with Crippen molar-refractivity contribution in [3.63, 3.8) is 0 Å². The van der Waals surface area contributed by atoms with Crippen LogP contribution in [0.4, 0.5) is 5.69 Å². The lowest BCUT2D eigenvalue weighted by atomic mass is 10.1. The molecule has 1 aromatic rings. The van der Waals surface area contributed by atoms with Gasteiger partial charge in [0.25, 0.3) is 0 Å². The van der Waals surface area contributed by atoms with Crippen LogP contribution >= 0.6 is 0 Å². The molecule has 1 unspecified atom stereocenters. The standard InChI is InChI=1S/C15H22N2O/c1-2-6-16-14-5-7-17(9-14)15-4-3-12-10-18-11-13(12)8-15/h3-4,8,14,16H,2,5-7,9-11H2,1H3. The summed E-state index contributed by atoms with van der Waals surface area (Å²) in [4.78, 5) is 2.49. The van der Waals surface area contributed by atoms with Crippen molar-refractivity contribution in [1.29, 1.82) is 0 Å². The molecular formula is C15H22N2O. The smallest absolute Gasteiger partial charge is 0.0725 e. The fraction of sp³-hybridized carbons (Fsp3) is 0.600. The third kappa shape index (κ3) is 2.38. The molecule has 1 aromatic carbocycles. The molecule has 1 saturated heterocycles. The van der Waals surface area contributed by atoms with Crippen LogP contribution in [0, 0.1) is 0 Å². The summed E-state index contributed by atoms with van der Waals surface area (Å²) >= 11 is 0. The molecule has 0 aliphatic carbocycles. The first-order chi connectivity index (χ1) is 8.86. The predicted molar refractivity (Wildman–Crippen MR) is 73.8 cm³/mol. The first-order valence-electron chi connectivity index (χ1n) is 7.04. The molecule has 2 aliphatic heterocycles. The molecule has 2 aliphatic rings. The molecular weight excluding hydrogens is 224 g/mol. The summed E-state index contributed by atoms with van der Waals surface area (Å²) in [5.41, 5.74) is 4.09. The van der Waals surface area contributed by atoms with Gasteiger partial charge in [0.05, 0.1) is 13.2 Å². The van der Waals surface area contributed by atoms with E-state index in [0.29, 0.717) is 6.04 Å². The van der Waals surface area contributed by atoms with Crippen LogP contribution in [0.2, 0.25) is 0 Å². The minimum Gasteiger partial charge on any atom is -0.372 e. The Labute approximate surface area is 109 Å². The van der Waals surface area contributed by atoms with E-state index in [0.717, 1.165) is 26.3 Å². The van der Waals surface area contributed by atoms with Gasteiger partial charge in [-0.15, -0.1) is 0 Å². The van der Waals surface area contributed by atoms with E-state index in [1.54, 1.807) is 0 Å². The second kappa shape index (κ2) is 5.29. The number of benzene rings is 1. The van der Waals surface area contributed by atoms with Gasteiger partial charge in [-0.2, -0.15) is 0 Å². The van der Waals surface area contributed by atoms with Gasteiger partial charge in [0, 0.05) is 24.8 Å². The van der Waals surface area contributed by atoms with E-state index in [1.165, 1.54) is 36.2 Å². The van der Waals surface area contributed by atoms with E-state index >= 15 is 0 Å². The Morgan fingerprint density at radius 3 is 3.11 bits per heavy atom. The average molecular weight is 246 g/mol. The molecule has 2 heterocycles. The Balaban J connectivity index is 1.65. The Morgan fingerprint density at radius 1 is 1.33 bits per heavy atom. The Morgan fingerprint density at radius 2 is 2.22 bits per heavy atom. The predicted octanol–water partition coefficient (Wildman–Crippen LogP) is 2.30. The molecule has 0 spiro atoms. The Bertz CT molecular complexity index is 419. The average Bonchev–Trinajstić information content (AvgIpc) is 3.04. The maximum Gasteiger partial charge on any atom is 0.0725 e. The van der Waals surface area contributed by atoms with Crippen LogP contribution in [0.5, 0.6) is 0 Å². The van der Waals surface area contributed by atoms with Crippen LogP contribution in [0.3, 0.4) is 0 Å². The van der Waals surface area contributed by atoms with Crippen molar-refractivity contribution in [2.75, 3.05) is 24.5 Å². The largest absolute Gasteiger partial charge is 0.372 e. The highest BCUT2D eigenvalue weighted by Crippen LogP contribution is 2.27. The van der Waals surface area contributed by atoms with Crippen molar-refractivity contribution in [2.24, 2.45) is 0 Å². The number of rotatable bonds is 4. The summed E-state index contributed by atoms with van der Waals surface area (Å²) in [6.07, 6.45) is 2.47. The van der Waals surface area contributed by atoms with Crippen molar-refractivity contribution >= 4 is 5.69 Å². The molecule has 98 valence electrons. The van der Waals surface area contributed by atoms with Gasteiger partial charge in [-0.1, -0.05) is 13.0 Å². The van der Waals surface area contributed by atoms with Crippen LogP contribution in [0.25, 0.3) is 0 Å². The molecule has 3 heteroatoms. The fourth-order valence-electron chi connectivity index (χ4n) is 2.87. The highest BCUT2D eigenvalue weighted by molar-refractivity contribution is 5.52. The van der Waals surface area contributed by atoms with Crippen molar-refractivity contribution in [3.05, 3.63) is 29.3 Å². The lowest BCUT2D eigenvalue weighted by Gasteiger charge is -2.19. The molecule has 3 nitrogen and oxygen atoms in total. The van der Waals surface area contributed by atoms with Crippen LogP contribution in [-0.2, 0) is 18.0 Å². The quantitative estimate of drug-likeness (QED) is 0.882. The van der Waals surface area contributed by atoms with Gasteiger partial charge >= 0.3 is 0 Å². The third-order valence-corrected chi connectivity index (χ3v) is 3.94. The summed E-state index contributed by atoms with van der Waals surface area (Å²) in [6.45, 7) is 7.24. The van der Waals surface area contributed by atoms with Crippen LogP contribution in [0.15, 0.2) is 18.2 Å². The lowest BCUT2D eigenvalue weighted by Crippen LogP contribution is -2.32. The topological polar surface area (TPSA) is 24.5 Å². The van der Waals surface area contributed by atoms with Gasteiger partial charge < -0.3 is 15.0 Å². The maximum atomic E-state index is 5.48. The number of nitrogens with one attached hydrogen (secondary N) is 1. The van der Waals surface area contributed by atoms with Gasteiger partial charge in [-0.25, -0.2) is 0 Å². The van der Waals surface area contributed by atoms with Crippen molar-refractivity contribution in [2.45, 2.75) is 39.0 Å². The molecule has 1 fully saturated rings. The highest BCUT2D eigenvalue weighted by atomic mass is 16.5. The molecule has 1 atom stereocenters. The molecule has 3 rings (SSSR count). The van der Waals surface area contributed by atoms with Crippen LogP contribution < -0.4 is 10.2 Å². The fourth-order valence-corrected chi connectivity index (χ4v) is 2.87. The molecule has 0 radical (unpaired) electrons. The van der Waals surface area contributed by atoms with Gasteiger partial charge in [-0.3, -0.25) is 0 Å². The van der Waals surface area contributed by atoms with Crippen LogP contribution in [-0.4, -0.2) is 25.7 Å². The second-order valence-corrected chi connectivity index (χ2v) is 5.33. The van der Waals surface area contributed by atoms with Crippen molar-refractivity contribution in [3.8, 4) is 0 Å². The summed E-state index contributed by atoms with van der Waals surface area (Å²) in [7, 11) is 0. The van der Waals surface area contributed by atoms with E-state index in [-0.39, 0.29) is 0 Å². The first-order valence-corrected chi connectivity index (χ1v) is 7.04. The lowest BCUT2D eigenvalue weighted by molar-refractivity contribution is 0.134. The molecule has 0 aromatic heterocycles. The zero-order valence-corrected chi connectivity index (χ0v) is 11.1. The number of nitrogens with zero attached hydrogens (tertiary/aromatic N) is 1. The Hall–Kier alpha value is -1.06. The normalized spacial score (nSPS) is 22.5. The van der Waals surface area contributed by atoms with Crippen molar-refractivity contribution < 1.29 is 4.74 Å². The van der Waals surface area contributed by atoms with E-state index in [1.807, 2.05) is 0 Å². The van der Waals surface area contributed by atoms with E-state index in [9.17, 15) is 0 Å². The molecule has 18 heavy (non-hydrogen) atoms. The number of anilines is 1. The second-order valence-electron chi connectivity index (χ2n) is 5.33. The maximum absolute atomic E-state index is 5.48. The molecule has 0 bridgehead atoms. The van der Waals surface area contributed by atoms with E-state index < -0.39 is 0 Å². The number of ether oxygens (including phenoxy) is 1. The van der Waals surface area contributed by atoms with Gasteiger partial charge in [0.15, 0.2) is 0 Å². The van der Waals surface area contributed by atoms with Gasteiger partial charge in [-0.05, 0) is 42.6 Å². The minimum absolute atomic E-state index is 0.662. The SMILES string of the molecule is CCCNC1CCN(c2ccc3c(c2)COC3)C1. The zero-order valence-electron chi connectivity index (χ0n) is 11.1. The summed E-state index contributed by atoms with van der Waals surface area (Å²) in [5.74, 6) is 0. The highest BCUT2D eigenvalue weighted by Gasteiger charge is 2.23. The molecule has 0 amide bonds. The molecule has 1 N–H and O–H groups in total. The number of hydrogen-bond acceptors (Lipinski definition) is 3. The van der Waals surface area contributed by atoms with Gasteiger partial charge in [0.2, 0.25) is 0 Å². The summed E-state index contributed by atoms with van der Waals surface area (Å²) < 4.78 is 5.48. The third-order valence-electron chi connectivity index (χ3n) is 3.94. The van der Waals surface area contributed by atoms with E-state index in [4.69, 9.17) is 4.74 Å². The minimum atomic E-state index is 0.662. The summed E-state index contributed by atoms with van der Waals surface area (Å²) in [5, 5.41) is 3.62. The first kappa shape index (κ1) is 12.0. The van der Waals surface area contributed by atoms with Crippen LogP contribution in [0.1, 0.15) is 30.9 Å². The Kier molecular flexibility index (Phi) is 3.52. The van der Waals surface area contributed by atoms with Crippen molar-refractivity contribution in [1.82, 2.24) is 5.32 Å². The monoisotopic (exact) mass is 246 g/mol. The van der Waals surface area contributed by atoms with Gasteiger partial charge in [0.1, 0.15) is 0 Å². The molecule has 0 saturated carbocycles.